The average molecular weight is 503 g/mol. The molecule has 1 aliphatic rings. The van der Waals surface area contributed by atoms with Crippen molar-refractivity contribution in [3.05, 3.63) is 98.9 Å². The summed E-state index contributed by atoms with van der Waals surface area (Å²) in [7, 11) is 0. The Balaban J connectivity index is 1.68. The summed E-state index contributed by atoms with van der Waals surface area (Å²) in [5.74, 6) is 0.903. The van der Waals surface area contributed by atoms with Gasteiger partial charge in [0.05, 0.1) is 12.6 Å². The molecule has 3 heterocycles. The van der Waals surface area contributed by atoms with Crippen LogP contribution in [0.2, 0.25) is 5.28 Å². The molecule has 1 saturated heterocycles. The van der Waals surface area contributed by atoms with Gasteiger partial charge in [-0.25, -0.2) is 9.97 Å². The highest BCUT2D eigenvalue weighted by Crippen LogP contribution is 2.36. The summed E-state index contributed by atoms with van der Waals surface area (Å²) in [6, 6.07) is 18.8. The van der Waals surface area contributed by atoms with Gasteiger partial charge in [-0.15, -0.1) is 0 Å². The van der Waals surface area contributed by atoms with Crippen molar-refractivity contribution in [1.29, 1.82) is 0 Å². The zero-order valence-corrected chi connectivity index (χ0v) is 21.6. The van der Waals surface area contributed by atoms with Crippen LogP contribution in [-0.4, -0.2) is 44.1 Å². The zero-order chi connectivity index (χ0) is 25.2. The first kappa shape index (κ1) is 24.6. The quantitative estimate of drug-likeness (QED) is 0.390. The minimum atomic E-state index is -0.150. The number of piperazine rings is 1. The third-order valence-electron chi connectivity index (χ3n) is 6.90. The van der Waals surface area contributed by atoms with Gasteiger partial charge in [0.15, 0.2) is 5.65 Å². The second kappa shape index (κ2) is 10.5. The molecule has 0 radical (unpaired) electrons. The maximum Gasteiger partial charge on any atom is 0.264 e. The lowest BCUT2D eigenvalue weighted by Gasteiger charge is -2.43. The predicted molar refractivity (Wildman–Crippen MR) is 143 cm³/mol. The fourth-order valence-electron chi connectivity index (χ4n) is 5.13. The topological polar surface area (TPSA) is 75.9 Å². The van der Waals surface area contributed by atoms with E-state index >= 15 is 0 Å². The summed E-state index contributed by atoms with van der Waals surface area (Å²) in [4.78, 5) is 29.7. The van der Waals surface area contributed by atoms with Crippen molar-refractivity contribution in [2.45, 2.75) is 39.4 Å². The monoisotopic (exact) mass is 502 g/mol. The third-order valence-corrected chi connectivity index (χ3v) is 7.08. The van der Waals surface area contributed by atoms with Gasteiger partial charge < -0.3 is 5.32 Å². The number of aryl methyl sites for hydroxylation is 1. The van der Waals surface area contributed by atoms with Crippen molar-refractivity contribution >= 4 is 22.6 Å². The molecule has 7 nitrogen and oxygen atoms in total. The molecule has 186 valence electrons. The highest BCUT2D eigenvalue weighted by Gasteiger charge is 2.35. The Labute approximate surface area is 216 Å². The van der Waals surface area contributed by atoms with E-state index in [4.69, 9.17) is 16.6 Å². The highest BCUT2D eigenvalue weighted by atomic mass is 35.5. The van der Waals surface area contributed by atoms with E-state index in [0.29, 0.717) is 23.4 Å². The molecular weight excluding hydrogens is 472 g/mol. The van der Waals surface area contributed by atoms with Crippen molar-refractivity contribution in [2.24, 2.45) is 5.92 Å². The molecule has 2 unspecified atom stereocenters. The number of halogens is 1. The van der Waals surface area contributed by atoms with Crippen molar-refractivity contribution in [1.82, 2.24) is 29.7 Å². The van der Waals surface area contributed by atoms with E-state index in [1.54, 1.807) is 4.57 Å². The molecule has 5 rings (SSSR count). The van der Waals surface area contributed by atoms with Gasteiger partial charge in [0.25, 0.3) is 5.56 Å². The van der Waals surface area contributed by atoms with E-state index < -0.39 is 0 Å². The van der Waals surface area contributed by atoms with E-state index in [2.05, 4.69) is 65.2 Å². The third kappa shape index (κ3) is 4.91. The first-order valence-electron chi connectivity index (χ1n) is 12.4. The molecule has 0 amide bonds. The van der Waals surface area contributed by atoms with Gasteiger partial charge in [-0.3, -0.25) is 14.3 Å². The number of nitrogens with zero attached hydrogens (tertiary/aromatic N) is 5. The van der Waals surface area contributed by atoms with Crippen molar-refractivity contribution in [3.8, 4) is 0 Å². The lowest BCUT2D eigenvalue weighted by atomic mass is 9.94. The molecule has 36 heavy (non-hydrogen) atoms. The molecule has 2 atom stereocenters. The number of aromatic nitrogens is 4. The van der Waals surface area contributed by atoms with Gasteiger partial charge in [-0.2, -0.15) is 4.98 Å². The lowest BCUT2D eigenvalue weighted by molar-refractivity contribution is 0.0701. The molecule has 0 saturated carbocycles. The molecule has 1 aliphatic heterocycles. The first-order chi connectivity index (χ1) is 17.4. The summed E-state index contributed by atoms with van der Waals surface area (Å²) < 4.78 is 1.80. The van der Waals surface area contributed by atoms with Crippen LogP contribution >= 0.6 is 11.6 Å². The Morgan fingerprint density at radius 2 is 1.83 bits per heavy atom. The van der Waals surface area contributed by atoms with Gasteiger partial charge in [0.1, 0.15) is 11.2 Å². The van der Waals surface area contributed by atoms with E-state index in [1.165, 1.54) is 17.3 Å². The predicted octanol–water partition coefficient (Wildman–Crippen LogP) is 4.54. The summed E-state index contributed by atoms with van der Waals surface area (Å²) in [6.07, 6.45) is 1.48. The van der Waals surface area contributed by atoms with Crippen LogP contribution in [0.5, 0.6) is 0 Å². The molecule has 8 heteroatoms. The zero-order valence-electron chi connectivity index (χ0n) is 20.9. The van der Waals surface area contributed by atoms with Crippen LogP contribution in [0.1, 0.15) is 48.4 Å². The number of nitrogens with one attached hydrogen (secondary N) is 1. The van der Waals surface area contributed by atoms with Crippen LogP contribution < -0.4 is 10.9 Å². The number of fused-ring (bicyclic) bond motifs is 1. The van der Waals surface area contributed by atoms with E-state index in [1.807, 2.05) is 30.3 Å². The summed E-state index contributed by atoms with van der Waals surface area (Å²) in [5, 5.41) is 4.01. The SMILES string of the molecule is Cc1ccc(C2CNCCN2C(c2nc3nc(Cl)ncc3c(=O)n2Cc2ccccc2)C(C)C)cc1. The van der Waals surface area contributed by atoms with Gasteiger partial charge in [0, 0.05) is 31.9 Å². The minimum Gasteiger partial charge on any atom is -0.314 e. The van der Waals surface area contributed by atoms with Crippen LogP contribution in [0.4, 0.5) is 0 Å². The number of hydrogen-bond donors (Lipinski definition) is 1. The molecule has 1 N–H and O–H groups in total. The fraction of sp³-hybridized carbons (Fsp3) is 0.357. The smallest absolute Gasteiger partial charge is 0.264 e. The van der Waals surface area contributed by atoms with E-state index in [9.17, 15) is 4.79 Å². The lowest BCUT2D eigenvalue weighted by Crippen LogP contribution is -2.50. The maximum absolute atomic E-state index is 13.8. The van der Waals surface area contributed by atoms with Crippen molar-refractivity contribution in [2.75, 3.05) is 19.6 Å². The van der Waals surface area contributed by atoms with Crippen LogP contribution in [0.25, 0.3) is 11.0 Å². The molecular formula is C28H31ClN6O. The molecule has 1 fully saturated rings. The Morgan fingerprint density at radius 3 is 2.56 bits per heavy atom. The second-order valence-electron chi connectivity index (χ2n) is 9.78. The van der Waals surface area contributed by atoms with Crippen LogP contribution in [0.3, 0.4) is 0 Å². The molecule has 0 spiro atoms. The first-order valence-corrected chi connectivity index (χ1v) is 12.8. The van der Waals surface area contributed by atoms with Gasteiger partial charge in [-0.1, -0.05) is 74.0 Å². The van der Waals surface area contributed by atoms with Crippen LogP contribution in [0.15, 0.2) is 65.6 Å². The number of hydrogen-bond acceptors (Lipinski definition) is 6. The van der Waals surface area contributed by atoms with Gasteiger partial charge >= 0.3 is 0 Å². The van der Waals surface area contributed by atoms with Gasteiger partial charge in [-0.05, 0) is 35.6 Å². The Hall–Kier alpha value is -3.13. The molecule has 0 bridgehead atoms. The molecule has 0 aliphatic carbocycles. The van der Waals surface area contributed by atoms with Crippen molar-refractivity contribution < 1.29 is 0 Å². The van der Waals surface area contributed by atoms with Gasteiger partial charge in [0.2, 0.25) is 5.28 Å². The number of rotatable bonds is 6. The normalized spacial score (nSPS) is 17.5. The van der Waals surface area contributed by atoms with Crippen LogP contribution in [-0.2, 0) is 6.54 Å². The average Bonchev–Trinajstić information content (AvgIpc) is 2.87. The minimum absolute atomic E-state index is 0.0851. The summed E-state index contributed by atoms with van der Waals surface area (Å²) in [5.41, 5.74) is 3.71. The fourth-order valence-corrected chi connectivity index (χ4v) is 5.26. The summed E-state index contributed by atoms with van der Waals surface area (Å²) in [6.45, 7) is 9.44. The van der Waals surface area contributed by atoms with E-state index in [0.717, 1.165) is 25.2 Å². The van der Waals surface area contributed by atoms with E-state index in [-0.39, 0.29) is 28.8 Å². The standard InChI is InChI=1S/C28H31ClN6O/c1-18(2)24(34-14-13-30-16-23(34)21-11-9-19(3)10-12-21)26-32-25-22(15-31-28(29)33-25)27(36)35(26)17-20-7-5-4-6-8-20/h4-12,15,18,23-24,30H,13-14,16-17H2,1-3H3. The Bertz CT molecular complexity index is 1400. The van der Waals surface area contributed by atoms with Crippen molar-refractivity contribution in [3.63, 3.8) is 0 Å². The Kier molecular flexibility index (Phi) is 7.14. The Morgan fingerprint density at radius 1 is 1.08 bits per heavy atom. The molecule has 2 aromatic carbocycles. The maximum atomic E-state index is 13.8. The largest absolute Gasteiger partial charge is 0.314 e. The molecule has 2 aromatic heterocycles. The molecule has 4 aromatic rings. The second-order valence-corrected chi connectivity index (χ2v) is 10.1. The van der Waals surface area contributed by atoms with Crippen LogP contribution in [0, 0.1) is 12.8 Å². The summed E-state index contributed by atoms with van der Waals surface area (Å²) >= 11 is 6.11. The number of benzene rings is 2. The highest BCUT2D eigenvalue weighted by molar-refractivity contribution is 6.28.